The maximum absolute atomic E-state index is 6.11. The Balaban J connectivity index is 1.27. The van der Waals surface area contributed by atoms with Crippen molar-refractivity contribution in [2.75, 3.05) is 52.5 Å². The van der Waals surface area contributed by atoms with Gasteiger partial charge in [-0.3, -0.25) is 9.80 Å². The van der Waals surface area contributed by atoms with Crippen molar-refractivity contribution in [3.05, 3.63) is 95.6 Å². The van der Waals surface area contributed by atoms with E-state index in [1.54, 1.807) is 0 Å². The van der Waals surface area contributed by atoms with Crippen LogP contribution in [-0.4, -0.2) is 62.3 Å². The second-order valence-electron chi connectivity index (χ2n) is 10.9. The van der Waals surface area contributed by atoms with Gasteiger partial charge in [0.1, 0.15) is 24.7 Å². The number of likely N-dealkylation sites (tertiary alicyclic amines) is 2. The lowest BCUT2D eigenvalue weighted by Gasteiger charge is -2.26. The molecule has 2 aliphatic rings. The van der Waals surface area contributed by atoms with Crippen molar-refractivity contribution in [2.24, 2.45) is 0 Å². The van der Waals surface area contributed by atoms with E-state index in [0.717, 1.165) is 37.8 Å². The number of nitrogens with zero attached hydrogens (tertiary/aromatic N) is 2. The zero-order valence-corrected chi connectivity index (χ0v) is 23.6. The summed E-state index contributed by atoms with van der Waals surface area (Å²) in [5.41, 5.74) is 6.11. The lowest BCUT2D eigenvalue weighted by molar-refractivity contribution is 0.183. The van der Waals surface area contributed by atoms with Crippen molar-refractivity contribution < 1.29 is 9.47 Å². The van der Waals surface area contributed by atoms with Crippen LogP contribution in [0.5, 0.6) is 11.5 Å². The molecule has 0 spiro atoms. The number of piperidine rings is 2. The van der Waals surface area contributed by atoms with Crippen LogP contribution in [-0.2, 0) is 0 Å². The molecule has 0 amide bonds. The summed E-state index contributed by atoms with van der Waals surface area (Å²) in [5, 5.41) is 0. The first-order valence-corrected chi connectivity index (χ1v) is 14.9. The van der Waals surface area contributed by atoms with Gasteiger partial charge in [0.25, 0.3) is 0 Å². The molecule has 4 heteroatoms. The smallest absolute Gasteiger partial charge is 0.119 e. The highest BCUT2D eigenvalue weighted by Gasteiger charge is 2.13. The first-order valence-electron chi connectivity index (χ1n) is 14.9. The van der Waals surface area contributed by atoms with Crippen molar-refractivity contribution in [1.29, 1.82) is 0 Å². The van der Waals surface area contributed by atoms with Crippen LogP contribution in [0.25, 0.3) is 11.1 Å². The molecule has 0 unspecified atom stereocenters. The predicted molar refractivity (Wildman–Crippen MR) is 162 cm³/mol. The second kappa shape index (κ2) is 14.3. The molecule has 39 heavy (non-hydrogen) atoms. The van der Waals surface area contributed by atoms with Crippen LogP contribution in [0.2, 0.25) is 0 Å². The summed E-state index contributed by atoms with van der Waals surface area (Å²) in [6.07, 6.45) is 8.00. The first-order chi connectivity index (χ1) is 19.3. The fraction of sp³-hybridized carbons (Fsp3) is 0.429. The second-order valence-corrected chi connectivity index (χ2v) is 10.9. The van der Waals surface area contributed by atoms with Crippen molar-refractivity contribution in [2.45, 2.75) is 45.4 Å². The van der Waals surface area contributed by atoms with Gasteiger partial charge in [-0.05, 0) is 111 Å². The van der Waals surface area contributed by atoms with Gasteiger partial charge in [0.05, 0.1) is 0 Å². The zero-order chi connectivity index (χ0) is 26.7. The molecule has 0 atom stereocenters. The first kappa shape index (κ1) is 27.5. The van der Waals surface area contributed by atoms with Crippen LogP contribution in [0.4, 0.5) is 0 Å². The number of hydrogen-bond acceptors (Lipinski definition) is 4. The van der Waals surface area contributed by atoms with Gasteiger partial charge < -0.3 is 9.47 Å². The van der Waals surface area contributed by atoms with Gasteiger partial charge in [0.2, 0.25) is 0 Å². The molecule has 0 aromatic heterocycles. The van der Waals surface area contributed by atoms with Gasteiger partial charge in [0.15, 0.2) is 0 Å². The summed E-state index contributed by atoms with van der Waals surface area (Å²) in [7, 11) is 0. The molecule has 0 aliphatic carbocycles. The summed E-state index contributed by atoms with van der Waals surface area (Å²) in [4.78, 5) is 5.03. The number of ether oxygens (including phenoxy) is 2. The molecule has 4 nitrogen and oxygen atoms in total. The van der Waals surface area contributed by atoms with E-state index < -0.39 is 0 Å². The lowest BCUT2D eigenvalue weighted by Crippen LogP contribution is -2.33. The van der Waals surface area contributed by atoms with E-state index in [1.165, 1.54) is 92.5 Å². The van der Waals surface area contributed by atoms with Crippen molar-refractivity contribution >= 4 is 11.1 Å². The Bertz CT molecular complexity index is 1090. The third kappa shape index (κ3) is 7.97. The lowest BCUT2D eigenvalue weighted by atomic mass is 9.90. The van der Waals surface area contributed by atoms with E-state index in [4.69, 9.17) is 9.47 Å². The number of benzene rings is 3. The van der Waals surface area contributed by atoms with Crippen molar-refractivity contribution in [3.63, 3.8) is 0 Å². The average molecular weight is 525 g/mol. The Hall–Kier alpha value is -3.08. The Morgan fingerprint density at radius 3 is 1.41 bits per heavy atom. The molecule has 5 rings (SSSR count). The van der Waals surface area contributed by atoms with Crippen LogP contribution in [0.3, 0.4) is 0 Å². The van der Waals surface area contributed by atoms with E-state index in [-0.39, 0.29) is 0 Å². The molecule has 206 valence electrons. The maximum atomic E-state index is 6.11. The van der Waals surface area contributed by atoms with Crippen LogP contribution < -0.4 is 9.47 Å². The van der Waals surface area contributed by atoms with E-state index >= 15 is 0 Å². The quantitative estimate of drug-likeness (QED) is 0.244. The fourth-order valence-corrected chi connectivity index (χ4v) is 5.82. The minimum atomic E-state index is 0.740. The molecule has 3 aromatic carbocycles. The Labute approximate surface area is 235 Å². The molecule has 0 radical (unpaired) electrons. The van der Waals surface area contributed by atoms with Gasteiger partial charge >= 0.3 is 0 Å². The molecule has 3 aromatic rings. The normalized spacial score (nSPS) is 16.5. The molecule has 0 bridgehead atoms. The van der Waals surface area contributed by atoms with Crippen LogP contribution in [0, 0.1) is 0 Å². The highest BCUT2D eigenvalue weighted by atomic mass is 16.5. The minimum absolute atomic E-state index is 0.740. The van der Waals surface area contributed by atoms with Crippen LogP contribution >= 0.6 is 0 Å². The highest BCUT2D eigenvalue weighted by molar-refractivity contribution is 5.98. The SMILES string of the molecule is CC(=C(c1ccc(OCCN2CCCCC2)cc1)c1ccc(OCCN2CCCCC2)cc1)c1ccccc1. The largest absolute Gasteiger partial charge is 0.492 e. The maximum Gasteiger partial charge on any atom is 0.119 e. The molecule has 2 fully saturated rings. The monoisotopic (exact) mass is 524 g/mol. The standard InChI is InChI=1S/C35H44N2O2/c1-29(30-11-5-2-6-12-30)35(31-13-17-33(18-14-31)38-27-25-36-21-7-3-8-22-36)32-15-19-34(20-16-32)39-28-26-37-23-9-4-10-24-37/h2,5-6,11-20H,3-4,7-10,21-28H2,1H3. The zero-order valence-electron chi connectivity index (χ0n) is 23.6. The Kier molecular flexibility index (Phi) is 10.1. The van der Waals surface area contributed by atoms with Crippen LogP contribution in [0.1, 0.15) is 62.1 Å². The third-order valence-corrected chi connectivity index (χ3v) is 8.12. The van der Waals surface area contributed by atoms with Gasteiger partial charge in [-0.1, -0.05) is 67.4 Å². The topological polar surface area (TPSA) is 24.9 Å². The average Bonchev–Trinajstić information content (AvgIpc) is 3.00. The molecular weight excluding hydrogens is 480 g/mol. The highest BCUT2D eigenvalue weighted by Crippen LogP contribution is 2.34. The summed E-state index contributed by atoms with van der Waals surface area (Å²) in [6.45, 7) is 10.5. The molecule has 0 saturated carbocycles. The van der Waals surface area contributed by atoms with Gasteiger partial charge in [-0.25, -0.2) is 0 Å². The molecule has 2 heterocycles. The van der Waals surface area contributed by atoms with Crippen molar-refractivity contribution in [1.82, 2.24) is 9.80 Å². The predicted octanol–water partition coefficient (Wildman–Crippen LogP) is 7.40. The molecule has 0 N–H and O–H groups in total. The third-order valence-electron chi connectivity index (χ3n) is 8.12. The van der Waals surface area contributed by atoms with Crippen molar-refractivity contribution in [3.8, 4) is 11.5 Å². The Morgan fingerprint density at radius 1 is 0.538 bits per heavy atom. The molecule has 2 aliphatic heterocycles. The van der Waals surface area contributed by atoms with E-state index in [9.17, 15) is 0 Å². The van der Waals surface area contributed by atoms with E-state index in [0.29, 0.717) is 0 Å². The summed E-state index contributed by atoms with van der Waals surface area (Å²) in [6, 6.07) is 27.9. The molecule has 2 saturated heterocycles. The van der Waals surface area contributed by atoms with Gasteiger partial charge in [-0.2, -0.15) is 0 Å². The Morgan fingerprint density at radius 2 is 0.974 bits per heavy atom. The summed E-state index contributed by atoms with van der Waals surface area (Å²) >= 11 is 0. The molecular formula is C35H44N2O2. The minimum Gasteiger partial charge on any atom is -0.492 e. The van der Waals surface area contributed by atoms with Gasteiger partial charge in [0, 0.05) is 13.1 Å². The summed E-state index contributed by atoms with van der Waals surface area (Å²) in [5.74, 6) is 1.87. The number of hydrogen-bond donors (Lipinski definition) is 0. The fourth-order valence-electron chi connectivity index (χ4n) is 5.82. The number of allylic oxidation sites excluding steroid dienone is 1. The number of rotatable bonds is 11. The summed E-state index contributed by atoms with van der Waals surface area (Å²) < 4.78 is 12.2. The van der Waals surface area contributed by atoms with E-state index in [1.807, 2.05) is 0 Å². The van der Waals surface area contributed by atoms with E-state index in [2.05, 4.69) is 95.6 Å². The van der Waals surface area contributed by atoms with Crippen LogP contribution in [0.15, 0.2) is 78.9 Å². The van der Waals surface area contributed by atoms with Gasteiger partial charge in [-0.15, -0.1) is 0 Å².